The third-order valence-corrected chi connectivity index (χ3v) is 4.86. The number of nitrogens with zero attached hydrogens (tertiary/aromatic N) is 4. The van der Waals surface area contributed by atoms with Crippen molar-refractivity contribution in [1.29, 1.82) is 0 Å². The maximum absolute atomic E-state index is 10.2. The monoisotopic (exact) mass is 322 g/mol. The minimum absolute atomic E-state index is 0.715. The number of anilines is 1. The standard InChI is InChI=1S/C17H14N4OS/c1-21(12-6-7-14-11(10-12)4-2-8-18-14)17-20-15(22)13-5-3-9-19-16(13)23-17/h2-10,15,22H,1H3. The van der Waals surface area contributed by atoms with Crippen LogP contribution in [0.15, 0.2) is 64.9 Å². The molecule has 0 spiro atoms. The largest absolute Gasteiger partial charge is 0.368 e. The van der Waals surface area contributed by atoms with E-state index in [0.717, 1.165) is 27.2 Å². The van der Waals surface area contributed by atoms with Crippen molar-refractivity contribution < 1.29 is 5.11 Å². The van der Waals surface area contributed by atoms with Crippen molar-refractivity contribution in [3.05, 3.63) is 60.4 Å². The molecule has 0 bridgehead atoms. The number of aliphatic imine (C=N–C) groups is 1. The number of hydrogen-bond acceptors (Lipinski definition) is 6. The molecule has 3 aromatic rings. The van der Waals surface area contributed by atoms with Gasteiger partial charge in [-0.05, 0) is 42.1 Å². The van der Waals surface area contributed by atoms with Gasteiger partial charge in [-0.1, -0.05) is 12.1 Å². The molecule has 1 aliphatic heterocycles. The van der Waals surface area contributed by atoms with Gasteiger partial charge in [0.2, 0.25) is 0 Å². The van der Waals surface area contributed by atoms with E-state index in [1.807, 2.05) is 48.3 Å². The van der Waals surface area contributed by atoms with Gasteiger partial charge >= 0.3 is 0 Å². The number of fused-ring (bicyclic) bond motifs is 2. The molecular weight excluding hydrogens is 308 g/mol. The van der Waals surface area contributed by atoms with E-state index in [-0.39, 0.29) is 0 Å². The highest BCUT2D eigenvalue weighted by Crippen LogP contribution is 2.35. The molecule has 2 aromatic heterocycles. The number of aliphatic hydroxyl groups is 1. The second-order valence-corrected chi connectivity index (χ2v) is 6.18. The smallest absolute Gasteiger partial charge is 0.176 e. The zero-order chi connectivity index (χ0) is 15.8. The molecule has 1 aliphatic rings. The summed E-state index contributed by atoms with van der Waals surface area (Å²) in [5.74, 6) is 0. The SMILES string of the molecule is CN(C1=NC(O)c2cccnc2S1)c1ccc2ncccc2c1. The third-order valence-electron chi connectivity index (χ3n) is 3.76. The Balaban J connectivity index is 1.70. The first-order valence-corrected chi connectivity index (χ1v) is 8.01. The Kier molecular flexibility index (Phi) is 3.48. The lowest BCUT2D eigenvalue weighted by atomic mass is 10.2. The maximum atomic E-state index is 10.2. The minimum atomic E-state index is -0.875. The lowest BCUT2D eigenvalue weighted by molar-refractivity contribution is 0.184. The van der Waals surface area contributed by atoms with Crippen LogP contribution in [-0.2, 0) is 0 Å². The molecule has 4 rings (SSSR count). The summed E-state index contributed by atoms with van der Waals surface area (Å²) < 4.78 is 0. The van der Waals surface area contributed by atoms with Gasteiger partial charge in [0.25, 0.3) is 0 Å². The van der Waals surface area contributed by atoms with Gasteiger partial charge < -0.3 is 10.0 Å². The normalized spacial score (nSPS) is 16.8. The number of aromatic nitrogens is 2. The molecule has 1 atom stereocenters. The van der Waals surface area contributed by atoms with E-state index in [1.165, 1.54) is 11.8 Å². The van der Waals surface area contributed by atoms with Crippen molar-refractivity contribution in [2.75, 3.05) is 11.9 Å². The Hall–Kier alpha value is -2.44. The molecule has 23 heavy (non-hydrogen) atoms. The molecule has 5 nitrogen and oxygen atoms in total. The molecule has 1 aromatic carbocycles. The van der Waals surface area contributed by atoms with Gasteiger partial charge in [0.05, 0.1) is 5.52 Å². The molecule has 1 unspecified atom stereocenters. The molecule has 0 amide bonds. The predicted octanol–water partition coefficient (Wildman–Crippen LogP) is 3.22. The van der Waals surface area contributed by atoms with E-state index in [4.69, 9.17) is 0 Å². The zero-order valence-corrected chi connectivity index (χ0v) is 13.2. The number of rotatable bonds is 1. The van der Waals surface area contributed by atoms with Crippen LogP contribution in [0.25, 0.3) is 10.9 Å². The first-order chi connectivity index (χ1) is 11.2. The summed E-state index contributed by atoms with van der Waals surface area (Å²) in [5.41, 5.74) is 2.69. The summed E-state index contributed by atoms with van der Waals surface area (Å²) in [7, 11) is 1.93. The average Bonchev–Trinajstić information content (AvgIpc) is 2.60. The highest BCUT2D eigenvalue weighted by Gasteiger charge is 2.24. The summed E-state index contributed by atoms with van der Waals surface area (Å²) in [6, 6.07) is 13.7. The van der Waals surface area contributed by atoms with Gasteiger partial charge in [0.15, 0.2) is 11.4 Å². The van der Waals surface area contributed by atoms with Crippen LogP contribution in [0, 0.1) is 0 Å². The maximum Gasteiger partial charge on any atom is 0.176 e. The van der Waals surface area contributed by atoms with Crippen LogP contribution in [0.2, 0.25) is 0 Å². The molecular formula is C17H14N4OS. The molecule has 0 saturated carbocycles. The van der Waals surface area contributed by atoms with Crippen LogP contribution in [0.5, 0.6) is 0 Å². The van der Waals surface area contributed by atoms with Crippen LogP contribution in [0.3, 0.4) is 0 Å². The van der Waals surface area contributed by atoms with Gasteiger partial charge in [0, 0.05) is 36.1 Å². The number of pyridine rings is 2. The lowest BCUT2D eigenvalue weighted by Gasteiger charge is -2.26. The van der Waals surface area contributed by atoms with Crippen molar-refractivity contribution in [1.82, 2.24) is 9.97 Å². The summed E-state index contributed by atoms with van der Waals surface area (Å²) in [6.45, 7) is 0. The fourth-order valence-corrected chi connectivity index (χ4v) is 3.48. The number of hydrogen-bond donors (Lipinski definition) is 1. The topological polar surface area (TPSA) is 61.6 Å². The Bertz CT molecular complexity index is 912. The number of thioether (sulfide) groups is 1. The van der Waals surface area contributed by atoms with Crippen molar-refractivity contribution in [2.45, 2.75) is 11.3 Å². The zero-order valence-electron chi connectivity index (χ0n) is 12.4. The molecule has 0 aliphatic carbocycles. The van der Waals surface area contributed by atoms with Crippen LogP contribution < -0.4 is 4.90 Å². The summed E-state index contributed by atoms with van der Waals surface area (Å²) in [4.78, 5) is 15.0. The van der Waals surface area contributed by atoms with E-state index in [2.05, 4.69) is 21.0 Å². The first-order valence-electron chi connectivity index (χ1n) is 7.19. The molecule has 114 valence electrons. The highest BCUT2D eigenvalue weighted by atomic mass is 32.2. The third kappa shape index (κ3) is 2.56. The lowest BCUT2D eigenvalue weighted by Crippen LogP contribution is -2.26. The van der Waals surface area contributed by atoms with Gasteiger partial charge in [-0.15, -0.1) is 0 Å². The van der Waals surface area contributed by atoms with Crippen LogP contribution in [-0.4, -0.2) is 27.3 Å². The Morgan fingerprint density at radius 3 is 2.83 bits per heavy atom. The van der Waals surface area contributed by atoms with Gasteiger partial charge in [0.1, 0.15) is 5.03 Å². The van der Waals surface area contributed by atoms with Crippen molar-refractivity contribution in [2.24, 2.45) is 4.99 Å². The van der Waals surface area contributed by atoms with Gasteiger partial charge in [-0.2, -0.15) is 0 Å². The van der Waals surface area contributed by atoms with Crippen molar-refractivity contribution in [3.63, 3.8) is 0 Å². The summed E-state index contributed by atoms with van der Waals surface area (Å²) >= 11 is 1.46. The molecule has 0 radical (unpaired) electrons. The quantitative estimate of drug-likeness (QED) is 0.745. The molecule has 0 saturated heterocycles. The second kappa shape index (κ2) is 5.64. The van der Waals surface area contributed by atoms with E-state index >= 15 is 0 Å². The number of amidine groups is 1. The number of aliphatic hydroxyl groups excluding tert-OH is 1. The molecule has 1 N–H and O–H groups in total. The van der Waals surface area contributed by atoms with E-state index in [9.17, 15) is 5.11 Å². The Labute approximate surface area is 137 Å². The summed E-state index contributed by atoms with van der Waals surface area (Å²) in [6.07, 6.45) is 2.63. The van der Waals surface area contributed by atoms with Crippen molar-refractivity contribution in [3.8, 4) is 0 Å². The Morgan fingerprint density at radius 1 is 1.09 bits per heavy atom. The highest BCUT2D eigenvalue weighted by molar-refractivity contribution is 8.14. The predicted molar refractivity (Wildman–Crippen MR) is 92.6 cm³/mol. The van der Waals surface area contributed by atoms with E-state index < -0.39 is 6.23 Å². The van der Waals surface area contributed by atoms with E-state index in [0.29, 0.717) is 5.17 Å². The molecule has 0 fully saturated rings. The first kappa shape index (κ1) is 14.2. The number of benzene rings is 1. The summed E-state index contributed by atoms with van der Waals surface area (Å²) in [5, 5.41) is 12.8. The van der Waals surface area contributed by atoms with Crippen molar-refractivity contribution >= 4 is 33.5 Å². The van der Waals surface area contributed by atoms with Gasteiger partial charge in [-0.3, -0.25) is 4.98 Å². The average molecular weight is 322 g/mol. The van der Waals surface area contributed by atoms with E-state index in [1.54, 1.807) is 12.4 Å². The fourth-order valence-electron chi connectivity index (χ4n) is 2.51. The van der Waals surface area contributed by atoms with Crippen LogP contribution >= 0.6 is 11.8 Å². The molecule has 3 heterocycles. The van der Waals surface area contributed by atoms with Gasteiger partial charge in [-0.25, -0.2) is 9.98 Å². The second-order valence-electron chi connectivity index (χ2n) is 5.22. The fraction of sp³-hybridized carbons (Fsp3) is 0.118. The van der Waals surface area contributed by atoms with Crippen LogP contribution in [0.1, 0.15) is 11.8 Å². The Morgan fingerprint density at radius 2 is 1.91 bits per heavy atom. The van der Waals surface area contributed by atoms with Crippen LogP contribution in [0.4, 0.5) is 5.69 Å². The molecule has 6 heteroatoms. The minimum Gasteiger partial charge on any atom is -0.368 e.